The van der Waals surface area contributed by atoms with Crippen LogP contribution in [0.5, 0.6) is 0 Å². The third-order valence-electron chi connectivity index (χ3n) is 6.55. The summed E-state index contributed by atoms with van der Waals surface area (Å²) >= 11 is 0. The van der Waals surface area contributed by atoms with E-state index in [0.29, 0.717) is 0 Å². The molecule has 0 unspecified atom stereocenters. The largest absolute Gasteiger partial charge is 0.389 e. The first-order chi connectivity index (χ1) is 6.15. The van der Waals surface area contributed by atoms with Gasteiger partial charge in [-0.3, -0.25) is 0 Å². The highest BCUT2D eigenvalue weighted by Crippen LogP contribution is 3.07. The van der Waals surface area contributed by atoms with E-state index in [0.717, 1.165) is 46.8 Å². The van der Waals surface area contributed by atoms with Crippen molar-refractivity contribution in [1.82, 2.24) is 0 Å². The van der Waals surface area contributed by atoms with E-state index in [4.69, 9.17) is 0 Å². The van der Waals surface area contributed by atoms with E-state index in [-0.39, 0.29) is 5.60 Å². The monoisotopic (exact) mass is 176 g/mol. The Morgan fingerprint density at radius 1 is 1.00 bits per heavy atom. The molecular formula is C12H16O. The Morgan fingerprint density at radius 3 is 1.85 bits per heavy atom. The summed E-state index contributed by atoms with van der Waals surface area (Å²) in [7, 11) is 0. The summed E-state index contributed by atoms with van der Waals surface area (Å²) in [5.41, 5.74) is 0.734. The molecule has 0 spiro atoms. The Bertz CT molecular complexity index is 289. The van der Waals surface area contributed by atoms with Crippen molar-refractivity contribution in [2.45, 2.75) is 25.9 Å². The smallest absolute Gasteiger partial charge is 0.0749 e. The lowest BCUT2D eigenvalue weighted by Crippen LogP contribution is -3.12. The van der Waals surface area contributed by atoms with Crippen molar-refractivity contribution < 1.29 is 5.11 Å². The molecule has 0 amide bonds. The molecule has 0 aromatic heterocycles. The maximum absolute atomic E-state index is 10.2. The average molecular weight is 176 g/mol. The Balaban J connectivity index is 1.56. The third-order valence-corrected chi connectivity index (χ3v) is 6.55. The first-order valence-corrected chi connectivity index (χ1v) is 5.87. The van der Waals surface area contributed by atoms with Gasteiger partial charge in [-0.05, 0) is 53.3 Å². The van der Waals surface area contributed by atoms with Crippen molar-refractivity contribution in [3.05, 3.63) is 0 Å². The maximum atomic E-state index is 10.2. The molecule has 0 heterocycles. The lowest BCUT2D eigenvalue weighted by atomic mass is 8.94. The van der Waals surface area contributed by atoms with E-state index >= 15 is 0 Å². The molecule has 1 N–H and O–H groups in total. The van der Waals surface area contributed by atoms with Gasteiger partial charge in [-0.15, -0.1) is 0 Å². The molecule has 0 aromatic rings. The van der Waals surface area contributed by atoms with E-state index in [1.165, 1.54) is 6.42 Å². The molecule has 13 heavy (non-hydrogen) atoms. The lowest BCUT2D eigenvalue weighted by Gasteiger charge is -3.10. The van der Waals surface area contributed by atoms with Crippen LogP contribution in [0.3, 0.4) is 0 Å². The van der Waals surface area contributed by atoms with Gasteiger partial charge in [0.15, 0.2) is 0 Å². The summed E-state index contributed by atoms with van der Waals surface area (Å²) in [4.78, 5) is 0. The molecule has 70 valence electrons. The molecule has 6 aliphatic rings. The molecule has 0 radical (unpaired) electrons. The van der Waals surface area contributed by atoms with Crippen LogP contribution in [0.15, 0.2) is 0 Å². The van der Waals surface area contributed by atoms with Crippen LogP contribution in [-0.2, 0) is 0 Å². The molecule has 1 heteroatoms. The second-order valence-electron chi connectivity index (χ2n) is 6.75. The summed E-state index contributed by atoms with van der Waals surface area (Å²) in [6.07, 6.45) is 1.46. The molecule has 0 atom stereocenters. The van der Waals surface area contributed by atoms with Gasteiger partial charge >= 0.3 is 0 Å². The van der Waals surface area contributed by atoms with Crippen molar-refractivity contribution >= 4 is 0 Å². The molecule has 0 bridgehead atoms. The van der Waals surface area contributed by atoms with Gasteiger partial charge in [0.1, 0.15) is 0 Å². The Hall–Kier alpha value is -0.0400. The second kappa shape index (κ2) is 1.25. The van der Waals surface area contributed by atoms with Crippen molar-refractivity contribution in [3.63, 3.8) is 0 Å². The van der Waals surface area contributed by atoms with E-state index < -0.39 is 0 Å². The SMILES string of the molecule is CC(C)CC12C3C4C1C1C2C3C41O. The standard InChI is InChI=1S/C12H16O/c1-4(2)3-11-5-8-6(11)10-7(11)9(5)12(8,10)13/h4-10,13H,3H2,1-2H3. The summed E-state index contributed by atoms with van der Waals surface area (Å²) in [6, 6.07) is 0. The van der Waals surface area contributed by atoms with Crippen LogP contribution in [0.25, 0.3) is 0 Å². The third kappa shape index (κ3) is 0.281. The molecule has 6 aliphatic carbocycles. The second-order valence-corrected chi connectivity index (χ2v) is 6.75. The van der Waals surface area contributed by atoms with Crippen molar-refractivity contribution in [1.29, 1.82) is 0 Å². The van der Waals surface area contributed by atoms with Crippen LogP contribution in [0.2, 0.25) is 0 Å². The highest BCUT2D eigenvalue weighted by atomic mass is 16.3. The van der Waals surface area contributed by atoms with Gasteiger partial charge < -0.3 is 5.11 Å². The maximum Gasteiger partial charge on any atom is 0.0749 e. The van der Waals surface area contributed by atoms with Crippen LogP contribution in [-0.4, -0.2) is 10.7 Å². The van der Waals surface area contributed by atoms with Gasteiger partial charge in [-0.25, -0.2) is 0 Å². The van der Waals surface area contributed by atoms with Crippen LogP contribution >= 0.6 is 0 Å². The van der Waals surface area contributed by atoms with Crippen LogP contribution in [0.1, 0.15) is 20.3 Å². The van der Waals surface area contributed by atoms with Gasteiger partial charge in [0.05, 0.1) is 5.60 Å². The average Bonchev–Trinajstić information content (AvgIpc) is 2.10. The van der Waals surface area contributed by atoms with Crippen LogP contribution in [0, 0.1) is 46.8 Å². The summed E-state index contributed by atoms with van der Waals surface area (Å²) in [5, 5.41) is 10.2. The molecular weight excluding hydrogens is 160 g/mol. The topological polar surface area (TPSA) is 20.2 Å². The zero-order valence-electron chi connectivity index (χ0n) is 8.20. The molecule has 6 saturated carbocycles. The predicted octanol–water partition coefficient (Wildman–Crippen LogP) is 1.52. The number of hydrogen-bond acceptors (Lipinski definition) is 1. The van der Waals surface area contributed by atoms with Crippen molar-refractivity contribution in [2.24, 2.45) is 46.8 Å². The van der Waals surface area contributed by atoms with E-state index in [1.54, 1.807) is 0 Å². The van der Waals surface area contributed by atoms with Crippen molar-refractivity contribution in [3.8, 4) is 0 Å². The fourth-order valence-electron chi connectivity index (χ4n) is 6.81. The highest BCUT2D eigenvalue weighted by molar-refractivity contribution is 5.56. The van der Waals surface area contributed by atoms with Gasteiger partial charge in [0.25, 0.3) is 0 Å². The minimum Gasteiger partial charge on any atom is -0.389 e. The molecule has 0 saturated heterocycles. The number of hydrogen-bond donors (Lipinski definition) is 1. The van der Waals surface area contributed by atoms with E-state index in [1.807, 2.05) is 0 Å². The van der Waals surface area contributed by atoms with Crippen molar-refractivity contribution in [2.75, 3.05) is 0 Å². The molecule has 0 aromatic carbocycles. The van der Waals surface area contributed by atoms with Gasteiger partial charge in [-0.1, -0.05) is 13.8 Å². The number of rotatable bonds is 2. The van der Waals surface area contributed by atoms with Crippen LogP contribution < -0.4 is 0 Å². The Labute approximate surface area is 78.5 Å². The van der Waals surface area contributed by atoms with Gasteiger partial charge in [0, 0.05) is 0 Å². The summed E-state index contributed by atoms with van der Waals surface area (Å²) in [5.74, 6) is 6.27. The zero-order valence-corrected chi connectivity index (χ0v) is 8.20. The summed E-state index contributed by atoms with van der Waals surface area (Å²) in [6.45, 7) is 4.71. The normalized spacial score (nSPS) is 83.1. The first-order valence-electron chi connectivity index (χ1n) is 5.87. The Morgan fingerprint density at radius 2 is 1.46 bits per heavy atom. The fourth-order valence-corrected chi connectivity index (χ4v) is 6.81. The van der Waals surface area contributed by atoms with E-state index in [9.17, 15) is 5.11 Å². The fraction of sp³-hybridized carbons (Fsp3) is 1.00. The predicted molar refractivity (Wildman–Crippen MR) is 47.8 cm³/mol. The molecule has 0 aliphatic heterocycles. The van der Waals surface area contributed by atoms with Gasteiger partial charge in [-0.2, -0.15) is 0 Å². The first kappa shape index (κ1) is 6.44. The minimum absolute atomic E-state index is 0.0707. The molecule has 6 rings (SSSR count). The lowest BCUT2D eigenvalue weighted by molar-refractivity contribution is -0.663. The minimum atomic E-state index is -0.0707. The van der Waals surface area contributed by atoms with Gasteiger partial charge in [0.2, 0.25) is 0 Å². The molecule has 6 fully saturated rings. The molecule has 1 nitrogen and oxygen atoms in total. The highest BCUT2D eigenvalue weighted by Gasteiger charge is 3.09. The van der Waals surface area contributed by atoms with Crippen LogP contribution in [0.4, 0.5) is 0 Å². The summed E-state index contributed by atoms with van der Waals surface area (Å²) < 4.78 is 0. The zero-order chi connectivity index (χ0) is 8.75. The number of aliphatic hydroxyl groups is 1. The Kier molecular flexibility index (Phi) is 0.618. The van der Waals surface area contributed by atoms with E-state index in [2.05, 4.69) is 13.8 Å². The quantitative estimate of drug-likeness (QED) is 0.676.